The maximum Gasteiger partial charge on any atom is 0.234 e. The van der Waals surface area contributed by atoms with Gasteiger partial charge in [0.2, 0.25) is 5.91 Å². The molecule has 1 N–H and O–H groups in total. The molecule has 1 amide bonds. The molecule has 0 atom stereocenters. The summed E-state index contributed by atoms with van der Waals surface area (Å²) in [5, 5.41) is 5.16. The lowest BCUT2D eigenvalue weighted by atomic mass is 10.1. The fourth-order valence-corrected chi connectivity index (χ4v) is 3.62. The van der Waals surface area contributed by atoms with Gasteiger partial charge in [0.05, 0.1) is 13.1 Å². The molecular formula is C16H21N3OS. The van der Waals surface area contributed by atoms with Gasteiger partial charge in [-0.05, 0) is 42.5 Å². The zero-order valence-electron chi connectivity index (χ0n) is 12.6. The summed E-state index contributed by atoms with van der Waals surface area (Å²) in [4.78, 5) is 15.8. The molecule has 0 saturated heterocycles. The van der Waals surface area contributed by atoms with Crippen molar-refractivity contribution in [2.75, 3.05) is 13.1 Å². The predicted octanol–water partition coefficient (Wildman–Crippen LogP) is 2.07. The van der Waals surface area contributed by atoms with Gasteiger partial charge >= 0.3 is 0 Å². The molecule has 1 aliphatic rings. The Morgan fingerprint density at radius 1 is 1.38 bits per heavy atom. The number of aromatic nitrogens is 1. The summed E-state index contributed by atoms with van der Waals surface area (Å²) in [6.07, 6.45) is 1.07. The molecule has 0 radical (unpaired) electrons. The fraction of sp³-hybridized carbons (Fsp3) is 0.438. The van der Waals surface area contributed by atoms with Crippen molar-refractivity contribution in [1.29, 1.82) is 0 Å². The van der Waals surface area contributed by atoms with E-state index in [1.165, 1.54) is 16.1 Å². The van der Waals surface area contributed by atoms with Gasteiger partial charge in [-0.2, -0.15) is 0 Å². The first-order valence-corrected chi connectivity index (χ1v) is 8.17. The first kappa shape index (κ1) is 14.4. The van der Waals surface area contributed by atoms with Crippen LogP contribution in [0.1, 0.15) is 21.8 Å². The third-order valence-electron chi connectivity index (χ3n) is 4.20. The van der Waals surface area contributed by atoms with Crippen LogP contribution in [0.2, 0.25) is 0 Å². The maximum atomic E-state index is 12.1. The van der Waals surface area contributed by atoms with Gasteiger partial charge in [0.1, 0.15) is 0 Å². The number of hydrogen-bond donors (Lipinski definition) is 1. The Morgan fingerprint density at radius 2 is 2.24 bits per heavy atom. The molecule has 5 heteroatoms. The van der Waals surface area contributed by atoms with E-state index < -0.39 is 0 Å². The highest BCUT2D eigenvalue weighted by Crippen LogP contribution is 2.23. The van der Waals surface area contributed by atoms with Gasteiger partial charge in [0.25, 0.3) is 0 Å². The summed E-state index contributed by atoms with van der Waals surface area (Å²) in [5.41, 5.74) is 3.73. The summed E-state index contributed by atoms with van der Waals surface area (Å²) in [5.74, 6) is 0.104. The Balaban J connectivity index is 1.50. The molecule has 3 heterocycles. The van der Waals surface area contributed by atoms with Crippen LogP contribution in [-0.4, -0.2) is 28.5 Å². The van der Waals surface area contributed by atoms with Gasteiger partial charge in [-0.3, -0.25) is 9.69 Å². The number of hydrogen-bond acceptors (Lipinski definition) is 3. The second-order valence-corrected chi connectivity index (χ2v) is 6.63. The summed E-state index contributed by atoms with van der Waals surface area (Å²) >= 11 is 1.83. The quantitative estimate of drug-likeness (QED) is 0.939. The summed E-state index contributed by atoms with van der Waals surface area (Å²) < 4.78 is 2.11. The van der Waals surface area contributed by atoms with E-state index in [1.807, 2.05) is 18.4 Å². The molecule has 0 aromatic carbocycles. The topological polar surface area (TPSA) is 37.3 Å². The monoisotopic (exact) mass is 303 g/mol. The van der Waals surface area contributed by atoms with Crippen LogP contribution >= 0.6 is 11.3 Å². The number of aryl methyl sites for hydroxylation is 1. The van der Waals surface area contributed by atoms with Gasteiger partial charge in [0.15, 0.2) is 0 Å². The largest absolute Gasteiger partial charge is 0.350 e. The van der Waals surface area contributed by atoms with Crippen LogP contribution < -0.4 is 5.32 Å². The van der Waals surface area contributed by atoms with Crippen molar-refractivity contribution in [3.8, 4) is 0 Å². The minimum absolute atomic E-state index is 0.104. The Kier molecular flexibility index (Phi) is 4.12. The van der Waals surface area contributed by atoms with Gasteiger partial charge in [-0.1, -0.05) is 0 Å². The lowest BCUT2D eigenvalue weighted by Gasteiger charge is -2.26. The van der Waals surface area contributed by atoms with Crippen molar-refractivity contribution in [3.63, 3.8) is 0 Å². The molecule has 3 rings (SSSR count). The van der Waals surface area contributed by atoms with Gasteiger partial charge in [-0.15, -0.1) is 11.3 Å². The van der Waals surface area contributed by atoms with Crippen molar-refractivity contribution < 1.29 is 4.79 Å². The number of thiophene rings is 1. The standard InChI is InChI=1S/C16H21N3OS/c1-12-3-4-14(18(12)2)9-17-16(20)11-19-7-5-15-13(10-19)6-8-21-15/h3-4,6,8H,5,7,9-11H2,1-2H3,(H,17,20). The summed E-state index contributed by atoms with van der Waals surface area (Å²) in [6, 6.07) is 6.31. The predicted molar refractivity (Wildman–Crippen MR) is 85.3 cm³/mol. The molecule has 0 saturated carbocycles. The molecular weight excluding hydrogens is 282 g/mol. The zero-order chi connectivity index (χ0) is 14.8. The molecule has 0 aliphatic carbocycles. The first-order valence-electron chi connectivity index (χ1n) is 7.29. The Labute approximate surface area is 129 Å². The van der Waals surface area contributed by atoms with E-state index in [2.05, 4.69) is 45.3 Å². The van der Waals surface area contributed by atoms with Gasteiger partial charge in [0, 0.05) is 36.4 Å². The van der Waals surface area contributed by atoms with Crippen LogP contribution in [0, 0.1) is 6.92 Å². The Hall–Kier alpha value is -1.59. The number of amides is 1. The van der Waals surface area contributed by atoms with Crippen molar-refractivity contribution in [2.24, 2.45) is 7.05 Å². The minimum Gasteiger partial charge on any atom is -0.350 e. The number of rotatable bonds is 4. The SMILES string of the molecule is Cc1ccc(CNC(=O)CN2CCc3sccc3C2)n1C. The van der Waals surface area contributed by atoms with Gasteiger partial charge in [-0.25, -0.2) is 0 Å². The Bertz CT molecular complexity index is 644. The number of fused-ring (bicyclic) bond motifs is 1. The van der Waals surface area contributed by atoms with E-state index in [1.54, 1.807) is 0 Å². The number of carbonyl (C=O) groups excluding carboxylic acids is 1. The highest BCUT2D eigenvalue weighted by atomic mass is 32.1. The average molecular weight is 303 g/mol. The lowest BCUT2D eigenvalue weighted by molar-refractivity contribution is -0.122. The van der Waals surface area contributed by atoms with Gasteiger partial charge < -0.3 is 9.88 Å². The van der Waals surface area contributed by atoms with Crippen LogP contribution in [0.5, 0.6) is 0 Å². The van der Waals surface area contributed by atoms with Crippen molar-refractivity contribution >= 4 is 17.2 Å². The van der Waals surface area contributed by atoms with Crippen molar-refractivity contribution in [2.45, 2.75) is 26.4 Å². The van der Waals surface area contributed by atoms with E-state index in [-0.39, 0.29) is 5.91 Å². The highest BCUT2D eigenvalue weighted by molar-refractivity contribution is 7.10. The summed E-state index contributed by atoms with van der Waals surface area (Å²) in [7, 11) is 2.03. The molecule has 0 spiro atoms. The van der Waals surface area contributed by atoms with Crippen LogP contribution in [0.4, 0.5) is 0 Å². The zero-order valence-corrected chi connectivity index (χ0v) is 13.4. The van der Waals surface area contributed by atoms with Crippen LogP contribution in [0.15, 0.2) is 23.6 Å². The number of nitrogens with one attached hydrogen (secondary N) is 1. The molecule has 0 fully saturated rings. The smallest absolute Gasteiger partial charge is 0.234 e. The van der Waals surface area contributed by atoms with Crippen molar-refractivity contribution in [3.05, 3.63) is 45.4 Å². The van der Waals surface area contributed by atoms with Crippen molar-refractivity contribution in [1.82, 2.24) is 14.8 Å². The van der Waals surface area contributed by atoms with E-state index in [0.29, 0.717) is 13.1 Å². The number of nitrogens with zero attached hydrogens (tertiary/aromatic N) is 2. The van der Waals surface area contributed by atoms with Crippen LogP contribution in [-0.2, 0) is 31.4 Å². The Morgan fingerprint density at radius 3 is 3.00 bits per heavy atom. The maximum absolute atomic E-state index is 12.1. The number of carbonyl (C=O) groups is 1. The second-order valence-electron chi connectivity index (χ2n) is 5.63. The first-order chi connectivity index (χ1) is 10.1. The molecule has 21 heavy (non-hydrogen) atoms. The summed E-state index contributed by atoms with van der Waals surface area (Å²) in [6.45, 7) is 5.02. The lowest BCUT2D eigenvalue weighted by Crippen LogP contribution is -2.39. The molecule has 0 bridgehead atoms. The normalized spacial score (nSPS) is 15.0. The second kappa shape index (κ2) is 6.03. The third-order valence-corrected chi connectivity index (χ3v) is 5.22. The van der Waals surface area contributed by atoms with Crippen LogP contribution in [0.3, 0.4) is 0 Å². The third kappa shape index (κ3) is 3.19. The molecule has 1 aliphatic heterocycles. The molecule has 4 nitrogen and oxygen atoms in total. The minimum atomic E-state index is 0.104. The molecule has 2 aromatic rings. The average Bonchev–Trinajstić information content (AvgIpc) is 3.05. The highest BCUT2D eigenvalue weighted by Gasteiger charge is 2.19. The van der Waals surface area contributed by atoms with E-state index in [4.69, 9.17) is 0 Å². The fourth-order valence-electron chi connectivity index (χ4n) is 2.73. The molecule has 112 valence electrons. The molecule has 2 aromatic heterocycles. The van der Waals surface area contributed by atoms with Crippen LogP contribution in [0.25, 0.3) is 0 Å². The van der Waals surface area contributed by atoms with E-state index >= 15 is 0 Å². The van der Waals surface area contributed by atoms with E-state index in [0.717, 1.165) is 25.2 Å². The molecule has 0 unspecified atom stereocenters. The van der Waals surface area contributed by atoms with E-state index in [9.17, 15) is 4.79 Å².